The maximum Gasteiger partial charge on any atom is 0.0371 e. The molecule has 0 heterocycles. The van der Waals surface area contributed by atoms with E-state index in [0.717, 1.165) is 12.5 Å². The van der Waals surface area contributed by atoms with Gasteiger partial charge in [-0.3, -0.25) is 0 Å². The summed E-state index contributed by atoms with van der Waals surface area (Å²) in [5, 5.41) is 3.78. The highest BCUT2D eigenvalue weighted by molar-refractivity contribution is 5.30. The largest absolute Gasteiger partial charge is 0.309 e. The average Bonchev–Trinajstić information content (AvgIpc) is 2.37. The molecule has 1 saturated carbocycles. The minimum absolute atomic E-state index is 0.299. The second-order valence-electron chi connectivity index (χ2n) is 7.03. The molecule has 1 fully saturated rings. The SMILES string of the molecule is CCCNC(c1cccc(C2CCC2)c1)C(C)(C)CC. The zero-order valence-electron chi connectivity index (χ0n) is 13.7. The van der Waals surface area contributed by atoms with E-state index in [4.69, 9.17) is 0 Å². The summed E-state index contributed by atoms with van der Waals surface area (Å²) in [4.78, 5) is 0. The van der Waals surface area contributed by atoms with Crippen molar-refractivity contribution < 1.29 is 0 Å². The fourth-order valence-electron chi connectivity index (χ4n) is 3.07. The number of nitrogens with one attached hydrogen (secondary N) is 1. The zero-order chi connectivity index (χ0) is 14.6. The third-order valence-electron chi connectivity index (χ3n) is 5.11. The van der Waals surface area contributed by atoms with Gasteiger partial charge in [0.25, 0.3) is 0 Å². The summed E-state index contributed by atoms with van der Waals surface area (Å²) < 4.78 is 0. The summed E-state index contributed by atoms with van der Waals surface area (Å²) in [5.74, 6) is 0.825. The first-order chi connectivity index (χ1) is 9.58. The fraction of sp³-hybridized carbons (Fsp3) is 0.684. The lowest BCUT2D eigenvalue weighted by Crippen LogP contribution is -2.34. The number of benzene rings is 1. The molecule has 2 rings (SSSR count). The third-order valence-corrected chi connectivity index (χ3v) is 5.11. The van der Waals surface area contributed by atoms with Crippen LogP contribution < -0.4 is 5.32 Å². The van der Waals surface area contributed by atoms with Gasteiger partial charge in [0, 0.05) is 6.04 Å². The summed E-state index contributed by atoms with van der Waals surface area (Å²) in [6.07, 6.45) is 6.56. The van der Waals surface area contributed by atoms with Gasteiger partial charge < -0.3 is 5.32 Å². The summed E-state index contributed by atoms with van der Waals surface area (Å²) in [6.45, 7) is 10.4. The molecule has 0 radical (unpaired) electrons. The Labute approximate surface area is 125 Å². The molecule has 0 amide bonds. The summed E-state index contributed by atoms with van der Waals surface area (Å²) in [7, 11) is 0. The van der Waals surface area contributed by atoms with E-state index in [9.17, 15) is 0 Å². The van der Waals surface area contributed by atoms with Crippen molar-refractivity contribution in [1.82, 2.24) is 5.32 Å². The van der Waals surface area contributed by atoms with Gasteiger partial charge in [-0.1, -0.05) is 58.4 Å². The molecule has 1 nitrogen and oxygen atoms in total. The normalized spacial score (nSPS) is 17.8. The first-order valence-corrected chi connectivity index (χ1v) is 8.41. The lowest BCUT2D eigenvalue weighted by atomic mass is 9.75. The average molecular weight is 273 g/mol. The number of rotatable bonds is 7. The highest BCUT2D eigenvalue weighted by Crippen LogP contribution is 2.40. The Morgan fingerprint density at radius 2 is 2.00 bits per heavy atom. The van der Waals surface area contributed by atoms with E-state index in [1.54, 1.807) is 5.56 Å². The van der Waals surface area contributed by atoms with Crippen molar-refractivity contribution in [3.8, 4) is 0 Å². The maximum absolute atomic E-state index is 3.78. The predicted molar refractivity (Wildman–Crippen MR) is 88.1 cm³/mol. The lowest BCUT2D eigenvalue weighted by Gasteiger charge is -2.36. The van der Waals surface area contributed by atoms with Crippen LogP contribution >= 0.6 is 0 Å². The van der Waals surface area contributed by atoms with E-state index in [2.05, 4.69) is 57.3 Å². The van der Waals surface area contributed by atoms with Crippen LogP contribution in [-0.4, -0.2) is 6.54 Å². The zero-order valence-corrected chi connectivity index (χ0v) is 13.7. The highest BCUT2D eigenvalue weighted by Gasteiger charge is 2.29. The Kier molecular flexibility index (Phi) is 5.26. The summed E-state index contributed by atoms with van der Waals surface area (Å²) in [5.41, 5.74) is 3.34. The van der Waals surface area contributed by atoms with Gasteiger partial charge in [0.2, 0.25) is 0 Å². The maximum atomic E-state index is 3.78. The van der Waals surface area contributed by atoms with E-state index >= 15 is 0 Å². The lowest BCUT2D eigenvalue weighted by molar-refractivity contribution is 0.234. The van der Waals surface area contributed by atoms with Gasteiger partial charge in [0.15, 0.2) is 0 Å². The standard InChI is InChI=1S/C19H31N/c1-5-13-20-18(19(3,4)6-2)17-12-8-11-16(14-17)15-9-7-10-15/h8,11-12,14-15,18,20H,5-7,9-10,13H2,1-4H3. The Morgan fingerprint density at radius 3 is 2.55 bits per heavy atom. The molecular weight excluding hydrogens is 242 g/mol. The van der Waals surface area contributed by atoms with Gasteiger partial charge in [-0.25, -0.2) is 0 Å². The second kappa shape index (κ2) is 6.76. The van der Waals surface area contributed by atoms with E-state index in [-0.39, 0.29) is 0 Å². The van der Waals surface area contributed by atoms with Crippen molar-refractivity contribution in [2.45, 2.75) is 71.8 Å². The molecule has 0 aromatic heterocycles. The van der Waals surface area contributed by atoms with Gasteiger partial charge in [-0.2, -0.15) is 0 Å². The predicted octanol–water partition coefficient (Wildman–Crippen LogP) is 5.43. The molecular formula is C19H31N. The second-order valence-corrected chi connectivity index (χ2v) is 7.03. The van der Waals surface area contributed by atoms with Crippen LogP contribution in [0.5, 0.6) is 0 Å². The molecule has 1 unspecified atom stereocenters. The van der Waals surface area contributed by atoms with E-state index in [0.29, 0.717) is 11.5 Å². The van der Waals surface area contributed by atoms with E-state index < -0.39 is 0 Å². The van der Waals surface area contributed by atoms with Crippen molar-refractivity contribution in [2.75, 3.05) is 6.54 Å². The first kappa shape index (κ1) is 15.6. The van der Waals surface area contributed by atoms with E-state index in [1.807, 2.05) is 0 Å². The van der Waals surface area contributed by atoms with Gasteiger partial charge in [0.1, 0.15) is 0 Å². The molecule has 1 aliphatic rings. The van der Waals surface area contributed by atoms with Crippen molar-refractivity contribution in [3.63, 3.8) is 0 Å². The van der Waals surface area contributed by atoms with E-state index in [1.165, 1.54) is 37.7 Å². The molecule has 1 aromatic rings. The van der Waals surface area contributed by atoms with Crippen LogP contribution in [0.1, 0.15) is 82.9 Å². The Morgan fingerprint density at radius 1 is 1.25 bits per heavy atom. The summed E-state index contributed by atoms with van der Waals surface area (Å²) in [6, 6.07) is 9.83. The van der Waals surface area contributed by atoms with Gasteiger partial charge in [0.05, 0.1) is 0 Å². The topological polar surface area (TPSA) is 12.0 Å². The van der Waals surface area contributed by atoms with Crippen molar-refractivity contribution in [2.24, 2.45) is 5.41 Å². The van der Waals surface area contributed by atoms with Crippen LogP contribution in [-0.2, 0) is 0 Å². The van der Waals surface area contributed by atoms with Crippen LogP contribution in [0.25, 0.3) is 0 Å². The van der Waals surface area contributed by atoms with Crippen molar-refractivity contribution >= 4 is 0 Å². The molecule has 1 heteroatoms. The Hall–Kier alpha value is -0.820. The molecule has 1 N–H and O–H groups in total. The van der Waals surface area contributed by atoms with Gasteiger partial charge in [-0.05, 0) is 54.7 Å². The van der Waals surface area contributed by atoms with Crippen LogP contribution in [0.4, 0.5) is 0 Å². The fourth-order valence-corrected chi connectivity index (χ4v) is 3.07. The first-order valence-electron chi connectivity index (χ1n) is 8.41. The van der Waals surface area contributed by atoms with Crippen molar-refractivity contribution in [3.05, 3.63) is 35.4 Å². The third kappa shape index (κ3) is 3.44. The molecule has 0 bridgehead atoms. The Bertz CT molecular complexity index is 418. The smallest absolute Gasteiger partial charge is 0.0371 e. The van der Waals surface area contributed by atoms with Crippen LogP contribution in [0, 0.1) is 5.41 Å². The molecule has 112 valence electrons. The Balaban J connectivity index is 2.22. The van der Waals surface area contributed by atoms with Crippen LogP contribution in [0.3, 0.4) is 0 Å². The molecule has 0 saturated heterocycles. The molecule has 1 atom stereocenters. The monoisotopic (exact) mass is 273 g/mol. The molecule has 1 aromatic carbocycles. The highest BCUT2D eigenvalue weighted by atomic mass is 14.9. The molecule has 20 heavy (non-hydrogen) atoms. The number of hydrogen-bond acceptors (Lipinski definition) is 1. The van der Waals surface area contributed by atoms with Crippen LogP contribution in [0.2, 0.25) is 0 Å². The van der Waals surface area contributed by atoms with Crippen molar-refractivity contribution in [1.29, 1.82) is 0 Å². The molecule has 1 aliphatic carbocycles. The van der Waals surface area contributed by atoms with Crippen LogP contribution in [0.15, 0.2) is 24.3 Å². The minimum Gasteiger partial charge on any atom is -0.309 e. The molecule has 0 aliphatic heterocycles. The van der Waals surface area contributed by atoms with Gasteiger partial charge >= 0.3 is 0 Å². The number of hydrogen-bond donors (Lipinski definition) is 1. The summed E-state index contributed by atoms with van der Waals surface area (Å²) >= 11 is 0. The molecule has 0 spiro atoms. The van der Waals surface area contributed by atoms with Gasteiger partial charge in [-0.15, -0.1) is 0 Å². The minimum atomic E-state index is 0.299. The quantitative estimate of drug-likeness (QED) is 0.698.